The van der Waals surface area contributed by atoms with Gasteiger partial charge >= 0.3 is 0 Å². The van der Waals surface area contributed by atoms with Crippen molar-refractivity contribution in [1.82, 2.24) is 0 Å². The van der Waals surface area contributed by atoms with Crippen LogP contribution in [0.3, 0.4) is 0 Å². The van der Waals surface area contributed by atoms with Crippen LogP contribution in [0.15, 0.2) is 41.7 Å². The summed E-state index contributed by atoms with van der Waals surface area (Å²) in [6.07, 6.45) is 0. The van der Waals surface area contributed by atoms with Gasteiger partial charge in [0.05, 0.1) is 72.1 Å². The lowest BCUT2D eigenvalue weighted by atomic mass is 10.2. The first kappa shape index (κ1) is 22.1. The van der Waals surface area contributed by atoms with Crippen LogP contribution in [0.25, 0.3) is 0 Å². The molecule has 5 rings (SSSR count). The van der Waals surface area contributed by atoms with Gasteiger partial charge in [0.15, 0.2) is 0 Å². The molecule has 12 heteroatoms. The van der Waals surface area contributed by atoms with Gasteiger partial charge in [0, 0.05) is 9.79 Å². The molecule has 152 valence electrons. The first-order chi connectivity index (χ1) is 14.2. The van der Waals surface area contributed by atoms with E-state index in [4.69, 9.17) is 92.8 Å². The van der Waals surface area contributed by atoms with Crippen LogP contribution in [-0.4, -0.2) is 0 Å². The molecule has 0 saturated carbocycles. The van der Waals surface area contributed by atoms with E-state index in [1.807, 2.05) is 6.07 Å². The topological polar surface area (TPSA) is 24.7 Å². The maximum atomic E-state index is 6.74. The standard InChI is InChI=1S/C18H2Cl8N2S2/c19-3-1-5-14(10(23)7(3)20)28-15-6(29-5)2-4-17(13(15)26)30-18-12(25)9(22)8(21)11(24)16(18)27-4/h1-2H. The first-order valence-corrected chi connectivity index (χ1v) is 12.5. The van der Waals surface area contributed by atoms with Gasteiger partial charge < -0.3 is 0 Å². The van der Waals surface area contributed by atoms with Crippen molar-refractivity contribution in [3.63, 3.8) is 0 Å². The molecule has 2 nitrogen and oxygen atoms in total. The maximum Gasteiger partial charge on any atom is 0.0994 e. The van der Waals surface area contributed by atoms with Gasteiger partial charge in [-0.1, -0.05) is 116 Å². The highest BCUT2D eigenvalue weighted by molar-refractivity contribution is 8.00. The van der Waals surface area contributed by atoms with Gasteiger partial charge in [0.2, 0.25) is 0 Å². The highest BCUT2D eigenvalue weighted by atomic mass is 35.5. The Bertz CT molecular complexity index is 1440. The van der Waals surface area contributed by atoms with Crippen molar-refractivity contribution in [3.05, 3.63) is 63.0 Å². The number of nitrogens with zero attached hydrogens (tertiary/aromatic N) is 2. The second kappa shape index (κ2) is 7.95. The Kier molecular flexibility index (Phi) is 5.85. The minimum Gasteiger partial charge on any atom is -0.245 e. The summed E-state index contributed by atoms with van der Waals surface area (Å²) in [5.41, 5.74) is 0.958. The molecule has 0 aromatic heterocycles. The van der Waals surface area contributed by atoms with Crippen molar-refractivity contribution in [3.8, 4) is 0 Å². The van der Waals surface area contributed by atoms with Crippen molar-refractivity contribution in [2.75, 3.05) is 0 Å². The molecule has 0 saturated heterocycles. The number of halogens is 8. The zero-order valence-electron chi connectivity index (χ0n) is 13.9. The average Bonchev–Trinajstić information content (AvgIpc) is 2.73. The molecule has 3 aromatic rings. The molecule has 0 bridgehead atoms. The zero-order chi connectivity index (χ0) is 21.5. The highest BCUT2D eigenvalue weighted by Gasteiger charge is 2.28. The van der Waals surface area contributed by atoms with E-state index in [2.05, 4.69) is 9.98 Å². The summed E-state index contributed by atoms with van der Waals surface area (Å²) >= 11 is 53.3. The molecule has 0 radical (unpaired) electrons. The van der Waals surface area contributed by atoms with E-state index in [1.165, 1.54) is 23.5 Å². The molecule has 2 heterocycles. The van der Waals surface area contributed by atoms with Crippen LogP contribution in [0.4, 0.5) is 11.4 Å². The average molecular weight is 594 g/mol. The third kappa shape index (κ3) is 3.27. The predicted octanol–water partition coefficient (Wildman–Crippen LogP) is 9.75. The Labute approximate surface area is 218 Å². The SMILES string of the molecule is Clc1cc2c(c(Cl)c1Cl)N=c1c(cc3c(c1Cl)Sc1c(Cl)c(Cl)c(Cl)c(Cl)c1N=3)S2. The number of fused-ring (bicyclic) bond motifs is 4. The summed E-state index contributed by atoms with van der Waals surface area (Å²) in [6.45, 7) is 0. The summed E-state index contributed by atoms with van der Waals surface area (Å²) in [5.74, 6) is 0. The summed E-state index contributed by atoms with van der Waals surface area (Å²) < 4.78 is 0. The van der Waals surface area contributed by atoms with E-state index in [-0.39, 0.29) is 30.1 Å². The largest absolute Gasteiger partial charge is 0.245 e. The van der Waals surface area contributed by atoms with Crippen LogP contribution in [0, 0.1) is 0 Å². The quantitative estimate of drug-likeness (QED) is 0.132. The van der Waals surface area contributed by atoms with Crippen LogP contribution >= 0.6 is 116 Å². The van der Waals surface area contributed by atoms with Gasteiger partial charge in [0.25, 0.3) is 0 Å². The fourth-order valence-electron chi connectivity index (χ4n) is 2.94. The fourth-order valence-corrected chi connectivity index (χ4v) is 7.34. The molecular formula is C18H2Cl8N2S2. The van der Waals surface area contributed by atoms with Crippen molar-refractivity contribution in [2.45, 2.75) is 19.6 Å². The smallest absolute Gasteiger partial charge is 0.0994 e. The maximum absolute atomic E-state index is 6.74. The van der Waals surface area contributed by atoms with Crippen molar-refractivity contribution < 1.29 is 0 Å². The minimum atomic E-state index is 0.151. The highest BCUT2D eigenvalue weighted by Crippen LogP contribution is 2.53. The van der Waals surface area contributed by atoms with Gasteiger partial charge in [-0.3, -0.25) is 0 Å². The molecule has 0 N–H and O–H groups in total. The molecule has 0 amide bonds. The normalized spacial score (nSPS) is 13.6. The Balaban J connectivity index is 1.81. The molecule has 0 unspecified atom stereocenters. The molecular weight excluding hydrogens is 592 g/mol. The summed E-state index contributed by atoms with van der Waals surface area (Å²) in [4.78, 5) is 12.1. The second-order valence-corrected chi connectivity index (χ2v) is 11.2. The Morgan fingerprint density at radius 1 is 0.533 bits per heavy atom. The van der Waals surface area contributed by atoms with E-state index in [9.17, 15) is 0 Å². The number of rotatable bonds is 0. The number of benzene rings is 3. The summed E-state index contributed by atoms with van der Waals surface area (Å²) in [6, 6.07) is 3.59. The molecule has 30 heavy (non-hydrogen) atoms. The lowest BCUT2D eigenvalue weighted by molar-refractivity contribution is 1.07. The lowest BCUT2D eigenvalue weighted by Gasteiger charge is -2.20. The zero-order valence-corrected chi connectivity index (χ0v) is 21.6. The van der Waals surface area contributed by atoms with Gasteiger partial charge in [-0.05, 0) is 12.1 Å². The van der Waals surface area contributed by atoms with E-state index < -0.39 is 0 Å². The molecule has 0 spiro atoms. The third-order valence-electron chi connectivity index (χ3n) is 4.32. The minimum absolute atomic E-state index is 0.151. The molecule has 0 fully saturated rings. The molecule has 0 aliphatic carbocycles. The van der Waals surface area contributed by atoms with Crippen LogP contribution in [0.5, 0.6) is 0 Å². The predicted molar refractivity (Wildman–Crippen MR) is 129 cm³/mol. The molecule has 0 atom stereocenters. The van der Waals surface area contributed by atoms with E-state index in [0.717, 1.165) is 9.79 Å². The van der Waals surface area contributed by atoms with E-state index in [1.54, 1.807) is 6.07 Å². The van der Waals surface area contributed by atoms with Crippen LogP contribution in [-0.2, 0) is 0 Å². The Hall–Kier alpha value is 0.280. The van der Waals surface area contributed by atoms with Crippen LogP contribution < -0.4 is 10.7 Å². The summed E-state index contributed by atoms with van der Waals surface area (Å²) in [5, 5.41) is 3.23. The molecule has 2 aliphatic heterocycles. The summed E-state index contributed by atoms with van der Waals surface area (Å²) in [7, 11) is 0. The molecule has 3 aromatic carbocycles. The number of hydrogen-bond donors (Lipinski definition) is 0. The van der Waals surface area contributed by atoms with Crippen LogP contribution in [0.1, 0.15) is 0 Å². The van der Waals surface area contributed by atoms with Gasteiger partial charge in [0.1, 0.15) is 0 Å². The molecule has 2 aliphatic rings. The van der Waals surface area contributed by atoms with Crippen LogP contribution in [0.2, 0.25) is 40.2 Å². The fraction of sp³-hybridized carbons (Fsp3) is 0. The monoisotopic (exact) mass is 590 g/mol. The van der Waals surface area contributed by atoms with Crippen molar-refractivity contribution in [1.29, 1.82) is 0 Å². The number of hydrogen-bond acceptors (Lipinski definition) is 4. The Morgan fingerprint density at radius 2 is 1.20 bits per heavy atom. The first-order valence-electron chi connectivity index (χ1n) is 7.88. The lowest BCUT2D eigenvalue weighted by Crippen LogP contribution is -2.20. The van der Waals surface area contributed by atoms with Gasteiger partial charge in [-0.25, -0.2) is 9.98 Å². The second-order valence-electron chi connectivity index (χ2n) is 6.08. The third-order valence-corrected chi connectivity index (χ3v) is 10.2. The Morgan fingerprint density at radius 3 is 1.93 bits per heavy atom. The van der Waals surface area contributed by atoms with Crippen molar-refractivity contribution in [2.24, 2.45) is 9.98 Å². The van der Waals surface area contributed by atoms with E-state index in [0.29, 0.717) is 41.9 Å². The van der Waals surface area contributed by atoms with Crippen molar-refractivity contribution >= 4 is 128 Å². The van der Waals surface area contributed by atoms with Gasteiger partial charge in [-0.15, -0.1) is 0 Å². The van der Waals surface area contributed by atoms with E-state index >= 15 is 0 Å². The van der Waals surface area contributed by atoms with Gasteiger partial charge in [-0.2, -0.15) is 0 Å².